The van der Waals surface area contributed by atoms with Crippen LogP contribution in [0.2, 0.25) is 0 Å². The highest BCUT2D eigenvalue weighted by molar-refractivity contribution is 6.16. The fourth-order valence-corrected chi connectivity index (χ4v) is 0.349. The fraction of sp³-hybridized carbons (Fsp3) is 0.286. The molecule has 11 heavy (non-hydrogen) atoms. The van der Waals surface area contributed by atoms with Gasteiger partial charge in [-0.3, -0.25) is 9.59 Å². The third kappa shape index (κ3) is 6.44. The fourth-order valence-electron chi connectivity index (χ4n) is 0.349. The Kier molecular flexibility index (Phi) is 5.79. The van der Waals surface area contributed by atoms with E-state index in [-0.39, 0.29) is 0 Å². The Hall–Kier alpha value is -1.45. The molecule has 0 saturated carbocycles. The monoisotopic (exact) mass is 155 g/mol. The molecule has 0 aromatic rings. The average Bonchev–Trinajstić information content (AvgIpc) is 2.01. The van der Waals surface area contributed by atoms with Crippen molar-refractivity contribution in [1.29, 1.82) is 0 Å². The second kappa shape index (κ2) is 6.67. The Morgan fingerprint density at radius 3 is 2.91 bits per heavy atom. The number of aldehydes is 1. The van der Waals surface area contributed by atoms with Crippen molar-refractivity contribution in [3.05, 3.63) is 12.3 Å². The summed E-state index contributed by atoms with van der Waals surface area (Å²) in [6.07, 6.45) is 3.71. The molecule has 0 aromatic heterocycles. The van der Waals surface area contributed by atoms with E-state index in [1.165, 1.54) is 6.26 Å². The molecule has 0 spiro atoms. The van der Waals surface area contributed by atoms with Crippen LogP contribution in [-0.4, -0.2) is 25.0 Å². The molecule has 0 N–H and O–H groups in total. The molecule has 0 atom stereocenters. The summed E-state index contributed by atoms with van der Waals surface area (Å²) >= 11 is 0. The second-order valence-corrected chi connectivity index (χ2v) is 1.51. The first kappa shape index (κ1) is 9.55. The zero-order valence-electron chi connectivity index (χ0n) is 6.19. The van der Waals surface area contributed by atoms with Gasteiger partial charge in [-0.15, -0.1) is 0 Å². The van der Waals surface area contributed by atoms with Crippen molar-refractivity contribution in [3.63, 3.8) is 0 Å². The Bertz CT molecular complexity index is 184. The summed E-state index contributed by atoms with van der Waals surface area (Å²) in [5, 5.41) is 0. The lowest BCUT2D eigenvalue weighted by Gasteiger charge is -1.88. The minimum absolute atomic E-state index is 0.437. The molecule has 0 fully saturated rings. The van der Waals surface area contributed by atoms with E-state index in [9.17, 15) is 9.59 Å². The van der Waals surface area contributed by atoms with Crippen LogP contribution in [0, 0.1) is 0 Å². The van der Waals surface area contributed by atoms with Crippen molar-refractivity contribution >= 4 is 18.4 Å². The SMILES string of the molecule is CCO/C=C/C(=O)N=CC=O. The zero-order valence-corrected chi connectivity index (χ0v) is 6.19. The maximum Gasteiger partial charge on any atom is 0.272 e. The Balaban J connectivity index is 3.68. The van der Waals surface area contributed by atoms with E-state index in [0.717, 1.165) is 12.3 Å². The van der Waals surface area contributed by atoms with E-state index >= 15 is 0 Å². The van der Waals surface area contributed by atoms with Crippen molar-refractivity contribution in [2.45, 2.75) is 6.92 Å². The Morgan fingerprint density at radius 1 is 1.64 bits per heavy atom. The van der Waals surface area contributed by atoms with Crippen LogP contribution in [0.1, 0.15) is 6.92 Å². The van der Waals surface area contributed by atoms with Gasteiger partial charge in [0.15, 0.2) is 6.29 Å². The number of nitrogens with zero attached hydrogens (tertiary/aromatic N) is 1. The molecular weight excluding hydrogens is 146 g/mol. The lowest BCUT2D eigenvalue weighted by Crippen LogP contribution is -1.89. The molecule has 1 amide bonds. The van der Waals surface area contributed by atoms with Gasteiger partial charge in [0.05, 0.1) is 19.1 Å². The van der Waals surface area contributed by atoms with E-state index in [1.807, 2.05) is 0 Å². The topological polar surface area (TPSA) is 55.7 Å². The van der Waals surface area contributed by atoms with E-state index in [0.29, 0.717) is 12.9 Å². The molecule has 0 radical (unpaired) electrons. The molecule has 0 saturated heterocycles. The number of carbonyl (C=O) groups excluding carboxylic acids is 2. The highest BCUT2D eigenvalue weighted by atomic mass is 16.5. The van der Waals surface area contributed by atoms with Gasteiger partial charge < -0.3 is 4.74 Å². The van der Waals surface area contributed by atoms with Gasteiger partial charge in [-0.05, 0) is 6.92 Å². The molecule has 0 bridgehead atoms. The summed E-state index contributed by atoms with van der Waals surface area (Å²) in [4.78, 5) is 23.5. The molecule has 4 heteroatoms. The number of aliphatic imine (C=N–C) groups is 1. The van der Waals surface area contributed by atoms with Crippen molar-refractivity contribution in [2.24, 2.45) is 4.99 Å². The molecule has 0 unspecified atom stereocenters. The summed E-state index contributed by atoms with van der Waals surface area (Å²) in [6, 6.07) is 0. The average molecular weight is 155 g/mol. The molecule has 0 aromatic carbocycles. The zero-order chi connectivity index (χ0) is 8.53. The predicted octanol–water partition coefficient (Wildman–Crippen LogP) is 0.333. The van der Waals surface area contributed by atoms with Crippen molar-refractivity contribution < 1.29 is 14.3 Å². The smallest absolute Gasteiger partial charge is 0.272 e. The molecule has 0 aliphatic rings. The Labute approximate surface area is 64.6 Å². The summed E-state index contributed by atoms with van der Waals surface area (Å²) in [7, 11) is 0. The quantitative estimate of drug-likeness (QED) is 0.254. The van der Waals surface area contributed by atoms with Gasteiger partial charge >= 0.3 is 0 Å². The van der Waals surface area contributed by atoms with Crippen molar-refractivity contribution in [2.75, 3.05) is 6.61 Å². The summed E-state index contributed by atoms with van der Waals surface area (Å²) in [5.41, 5.74) is 0. The number of hydrogen-bond donors (Lipinski definition) is 0. The number of carbonyl (C=O) groups is 2. The van der Waals surface area contributed by atoms with Gasteiger partial charge in [-0.2, -0.15) is 0 Å². The first-order valence-electron chi connectivity index (χ1n) is 3.11. The van der Waals surface area contributed by atoms with Crippen molar-refractivity contribution in [1.82, 2.24) is 0 Å². The third-order valence-electron chi connectivity index (χ3n) is 0.736. The number of amides is 1. The Morgan fingerprint density at radius 2 is 2.36 bits per heavy atom. The summed E-state index contributed by atoms with van der Waals surface area (Å²) in [5.74, 6) is -0.509. The molecule has 4 nitrogen and oxygen atoms in total. The predicted molar refractivity (Wildman–Crippen MR) is 40.3 cm³/mol. The second-order valence-electron chi connectivity index (χ2n) is 1.51. The number of hydrogen-bond acceptors (Lipinski definition) is 3. The van der Waals surface area contributed by atoms with Crippen LogP contribution < -0.4 is 0 Å². The highest BCUT2D eigenvalue weighted by Crippen LogP contribution is 1.80. The molecule has 0 aliphatic heterocycles. The molecule has 0 heterocycles. The normalized spacial score (nSPS) is 10.6. The van der Waals surface area contributed by atoms with Crippen LogP contribution >= 0.6 is 0 Å². The lowest BCUT2D eigenvalue weighted by atomic mass is 10.6. The summed E-state index contributed by atoms with van der Waals surface area (Å²) in [6.45, 7) is 2.30. The largest absolute Gasteiger partial charge is 0.501 e. The van der Waals surface area contributed by atoms with Crippen LogP contribution in [0.5, 0.6) is 0 Å². The first-order chi connectivity index (χ1) is 5.31. The maximum atomic E-state index is 10.6. The molecule has 60 valence electrons. The summed E-state index contributed by atoms with van der Waals surface area (Å²) < 4.78 is 4.72. The van der Waals surface area contributed by atoms with Gasteiger partial charge in [0.2, 0.25) is 0 Å². The lowest BCUT2D eigenvalue weighted by molar-refractivity contribution is -0.113. The van der Waals surface area contributed by atoms with E-state index in [4.69, 9.17) is 4.74 Å². The molecular formula is C7H9NO3. The van der Waals surface area contributed by atoms with E-state index < -0.39 is 5.91 Å². The van der Waals surface area contributed by atoms with Gasteiger partial charge in [-0.25, -0.2) is 4.99 Å². The van der Waals surface area contributed by atoms with E-state index in [1.54, 1.807) is 6.92 Å². The highest BCUT2D eigenvalue weighted by Gasteiger charge is 1.86. The number of ether oxygens (including phenoxy) is 1. The van der Waals surface area contributed by atoms with Gasteiger partial charge in [-0.1, -0.05) is 0 Å². The van der Waals surface area contributed by atoms with Gasteiger partial charge in [0.1, 0.15) is 0 Å². The van der Waals surface area contributed by atoms with E-state index in [2.05, 4.69) is 4.99 Å². The maximum absolute atomic E-state index is 10.6. The molecule has 0 rings (SSSR count). The first-order valence-corrected chi connectivity index (χ1v) is 3.11. The van der Waals surface area contributed by atoms with Gasteiger partial charge in [0.25, 0.3) is 5.91 Å². The van der Waals surface area contributed by atoms with Crippen LogP contribution in [0.15, 0.2) is 17.3 Å². The van der Waals surface area contributed by atoms with Crippen LogP contribution in [0.4, 0.5) is 0 Å². The minimum atomic E-state index is -0.509. The minimum Gasteiger partial charge on any atom is -0.501 e. The van der Waals surface area contributed by atoms with Crippen LogP contribution in [0.25, 0.3) is 0 Å². The standard InChI is InChI=1S/C7H9NO3/c1-2-11-6-3-7(10)8-4-5-9/h3-6H,2H2,1H3/b6-3+,8-4?. The molecule has 0 aliphatic carbocycles. The van der Waals surface area contributed by atoms with Crippen LogP contribution in [-0.2, 0) is 14.3 Å². The number of rotatable bonds is 4. The third-order valence-corrected chi connectivity index (χ3v) is 0.736. The van der Waals surface area contributed by atoms with Crippen LogP contribution in [0.3, 0.4) is 0 Å². The van der Waals surface area contributed by atoms with Crippen molar-refractivity contribution in [3.8, 4) is 0 Å². The van der Waals surface area contributed by atoms with Gasteiger partial charge in [0, 0.05) is 6.08 Å².